The van der Waals surface area contributed by atoms with Crippen molar-refractivity contribution >= 4 is 0 Å². The molecule has 2 aliphatic rings. The molecule has 106 valence electrons. The summed E-state index contributed by atoms with van der Waals surface area (Å²) in [7, 11) is 0. The number of likely N-dealkylation sites (tertiary alicyclic amines) is 1. The highest BCUT2D eigenvalue weighted by atomic mass is 19.4. The molecule has 2 heterocycles. The van der Waals surface area contributed by atoms with Crippen molar-refractivity contribution in [3.8, 4) is 0 Å². The molecule has 6 heteroatoms. The van der Waals surface area contributed by atoms with E-state index in [9.17, 15) is 13.2 Å². The van der Waals surface area contributed by atoms with Crippen LogP contribution in [0.5, 0.6) is 0 Å². The van der Waals surface area contributed by atoms with Crippen LogP contribution in [0.3, 0.4) is 0 Å². The van der Waals surface area contributed by atoms with Gasteiger partial charge in [0.15, 0.2) is 0 Å². The number of ether oxygens (including phenoxy) is 1. The molecule has 0 aromatic heterocycles. The zero-order chi connectivity index (χ0) is 13.2. The standard InChI is InChI=1S/C12H21F3N2O/c1-11(8-16-9-11)18-6-5-17-4-2-3-10(7-17)12(13,14)15/h10,16H,2-9H2,1H3. The zero-order valence-corrected chi connectivity index (χ0v) is 10.7. The molecule has 2 saturated heterocycles. The zero-order valence-electron chi connectivity index (χ0n) is 10.7. The van der Waals surface area contributed by atoms with Crippen LogP contribution in [-0.2, 0) is 4.74 Å². The highest BCUT2D eigenvalue weighted by molar-refractivity contribution is 4.90. The van der Waals surface area contributed by atoms with Crippen LogP contribution in [0.25, 0.3) is 0 Å². The Morgan fingerprint density at radius 1 is 1.39 bits per heavy atom. The third-order valence-corrected chi connectivity index (χ3v) is 3.82. The molecule has 1 unspecified atom stereocenters. The molecule has 0 spiro atoms. The molecular weight excluding hydrogens is 245 g/mol. The lowest BCUT2D eigenvalue weighted by molar-refractivity contribution is -0.187. The minimum absolute atomic E-state index is 0.112. The SMILES string of the molecule is CC1(OCCN2CCCC(C(F)(F)F)C2)CNC1. The lowest BCUT2D eigenvalue weighted by atomic mass is 9.97. The van der Waals surface area contributed by atoms with Crippen molar-refractivity contribution in [3.05, 3.63) is 0 Å². The van der Waals surface area contributed by atoms with E-state index in [1.165, 1.54) is 0 Å². The van der Waals surface area contributed by atoms with E-state index in [0.717, 1.165) is 19.6 Å². The van der Waals surface area contributed by atoms with E-state index in [-0.39, 0.29) is 18.6 Å². The van der Waals surface area contributed by atoms with E-state index in [0.29, 0.717) is 19.6 Å². The average Bonchev–Trinajstić information content (AvgIpc) is 2.26. The van der Waals surface area contributed by atoms with Crippen LogP contribution in [0, 0.1) is 5.92 Å². The van der Waals surface area contributed by atoms with Gasteiger partial charge in [0.05, 0.1) is 18.1 Å². The van der Waals surface area contributed by atoms with Crippen LogP contribution in [0.15, 0.2) is 0 Å². The maximum absolute atomic E-state index is 12.6. The second-order valence-corrected chi connectivity index (χ2v) is 5.58. The predicted molar refractivity (Wildman–Crippen MR) is 62.4 cm³/mol. The van der Waals surface area contributed by atoms with Crippen molar-refractivity contribution in [2.45, 2.75) is 31.5 Å². The summed E-state index contributed by atoms with van der Waals surface area (Å²) in [6, 6.07) is 0. The monoisotopic (exact) mass is 266 g/mol. The van der Waals surface area contributed by atoms with Gasteiger partial charge in [0.25, 0.3) is 0 Å². The molecule has 2 aliphatic heterocycles. The largest absolute Gasteiger partial charge is 0.393 e. The van der Waals surface area contributed by atoms with Gasteiger partial charge in [0, 0.05) is 26.2 Å². The summed E-state index contributed by atoms with van der Waals surface area (Å²) in [5.41, 5.74) is -0.112. The quantitative estimate of drug-likeness (QED) is 0.837. The summed E-state index contributed by atoms with van der Waals surface area (Å²) in [5.74, 6) is -1.16. The fourth-order valence-corrected chi connectivity index (χ4v) is 2.53. The first-order chi connectivity index (χ1) is 8.39. The molecule has 18 heavy (non-hydrogen) atoms. The Labute approximate surface area is 106 Å². The van der Waals surface area contributed by atoms with Crippen LogP contribution in [-0.4, -0.2) is 56.0 Å². The normalized spacial score (nSPS) is 29.0. The van der Waals surface area contributed by atoms with Crippen molar-refractivity contribution in [1.82, 2.24) is 10.2 Å². The van der Waals surface area contributed by atoms with Crippen LogP contribution in [0.2, 0.25) is 0 Å². The topological polar surface area (TPSA) is 24.5 Å². The van der Waals surface area contributed by atoms with Gasteiger partial charge >= 0.3 is 6.18 Å². The summed E-state index contributed by atoms with van der Waals surface area (Å²) in [5, 5.41) is 3.13. The number of nitrogens with one attached hydrogen (secondary N) is 1. The van der Waals surface area contributed by atoms with E-state index in [1.54, 1.807) is 0 Å². The van der Waals surface area contributed by atoms with Gasteiger partial charge in [-0.25, -0.2) is 0 Å². The minimum atomic E-state index is -4.05. The number of alkyl halides is 3. The number of hydrogen-bond acceptors (Lipinski definition) is 3. The average molecular weight is 266 g/mol. The van der Waals surface area contributed by atoms with Gasteiger partial charge in [-0.3, -0.25) is 0 Å². The second kappa shape index (κ2) is 5.35. The first-order valence-corrected chi connectivity index (χ1v) is 6.53. The second-order valence-electron chi connectivity index (χ2n) is 5.58. The van der Waals surface area contributed by atoms with Crippen molar-refractivity contribution in [3.63, 3.8) is 0 Å². The lowest BCUT2D eigenvalue weighted by Gasteiger charge is -2.40. The van der Waals surface area contributed by atoms with Crippen LogP contribution < -0.4 is 5.32 Å². The van der Waals surface area contributed by atoms with Gasteiger partial charge in [-0.15, -0.1) is 0 Å². The fourth-order valence-electron chi connectivity index (χ4n) is 2.53. The van der Waals surface area contributed by atoms with Crippen molar-refractivity contribution in [2.75, 3.05) is 39.3 Å². The lowest BCUT2D eigenvalue weighted by Crippen LogP contribution is -2.59. The first kappa shape index (κ1) is 14.1. The van der Waals surface area contributed by atoms with Crippen LogP contribution in [0.1, 0.15) is 19.8 Å². The summed E-state index contributed by atoms with van der Waals surface area (Å²) in [6.07, 6.45) is -3.16. The smallest absolute Gasteiger partial charge is 0.371 e. The Morgan fingerprint density at radius 2 is 2.11 bits per heavy atom. The number of nitrogens with zero attached hydrogens (tertiary/aromatic N) is 1. The fraction of sp³-hybridized carbons (Fsp3) is 1.00. The third kappa shape index (κ3) is 3.59. The van der Waals surface area contributed by atoms with Crippen molar-refractivity contribution in [2.24, 2.45) is 5.92 Å². The van der Waals surface area contributed by atoms with Crippen LogP contribution >= 0.6 is 0 Å². The third-order valence-electron chi connectivity index (χ3n) is 3.82. The Kier molecular flexibility index (Phi) is 4.18. The first-order valence-electron chi connectivity index (χ1n) is 6.53. The Bertz CT molecular complexity index is 279. The highest BCUT2D eigenvalue weighted by Gasteiger charge is 2.41. The molecular formula is C12H21F3N2O. The number of hydrogen-bond donors (Lipinski definition) is 1. The molecule has 2 fully saturated rings. The molecule has 0 radical (unpaired) electrons. The van der Waals surface area contributed by atoms with Gasteiger partial charge in [-0.05, 0) is 26.3 Å². The molecule has 0 bridgehead atoms. The molecule has 0 saturated carbocycles. The molecule has 0 aromatic rings. The maximum atomic E-state index is 12.6. The number of halogens is 3. The predicted octanol–water partition coefficient (Wildman–Crippen LogP) is 1.64. The molecule has 0 amide bonds. The Hall–Kier alpha value is -0.330. The molecule has 0 aliphatic carbocycles. The molecule has 3 nitrogen and oxygen atoms in total. The van der Waals surface area contributed by atoms with E-state index >= 15 is 0 Å². The Morgan fingerprint density at radius 3 is 2.67 bits per heavy atom. The van der Waals surface area contributed by atoms with E-state index in [4.69, 9.17) is 4.74 Å². The van der Waals surface area contributed by atoms with Crippen LogP contribution in [0.4, 0.5) is 13.2 Å². The van der Waals surface area contributed by atoms with Gasteiger partial charge in [-0.2, -0.15) is 13.2 Å². The summed E-state index contributed by atoms with van der Waals surface area (Å²) >= 11 is 0. The minimum Gasteiger partial charge on any atom is -0.371 e. The van der Waals surface area contributed by atoms with Gasteiger partial charge in [0.1, 0.15) is 0 Å². The van der Waals surface area contributed by atoms with Gasteiger partial charge in [-0.1, -0.05) is 0 Å². The van der Waals surface area contributed by atoms with E-state index in [2.05, 4.69) is 5.32 Å². The summed E-state index contributed by atoms with van der Waals surface area (Å²) in [6.45, 7) is 5.69. The maximum Gasteiger partial charge on any atom is 0.393 e. The van der Waals surface area contributed by atoms with Gasteiger partial charge in [0.2, 0.25) is 0 Å². The van der Waals surface area contributed by atoms with Crippen molar-refractivity contribution < 1.29 is 17.9 Å². The van der Waals surface area contributed by atoms with Gasteiger partial charge < -0.3 is 15.0 Å². The molecule has 1 atom stereocenters. The van der Waals surface area contributed by atoms with E-state index in [1.807, 2.05) is 11.8 Å². The Balaban J connectivity index is 1.69. The molecule has 2 rings (SSSR count). The van der Waals surface area contributed by atoms with E-state index < -0.39 is 12.1 Å². The highest BCUT2D eigenvalue weighted by Crippen LogP contribution is 2.33. The number of piperidine rings is 1. The number of rotatable bonds is 4. The van der Waals surface area contributed by atoms with Crippen molar-refractivity contribution in [1.29, 1.82) is 0 Å². The molecule has 1 N–H and O–H groups in total. The summed E-state index contributed by atoms with van der Waals surface area (Å²) in [4.78, 5) is 1.87. The summed E-state index contributed by atoms with van der Waals surface area (Å²) < 4.78 is 43.6. The molecule has 0 aromatic carbocycles.